The Hall–Kier alpha value is -2.79. The lowest BCUT2D eigenvalue weighted by Gasteiger charge is -2.11. The van der Waals surface area contributed by atoms with E-state index in [1.807, 2.05) is 0 Å². The van der Waals surface area contributed by atoms with Gasteiger partial charge in [-0.25, -0.2) is 9.78 Å². The van der Waals surface area contributed by atoms with Gasteiger partial charge < -0.3 is 15.5 Å². The summed E-state index contributed by atoms with van der Waals surface area (Å²) in [5.41, 5.74) is 1.07. The summed E-state index contributed by atoms with van der Waals surface area (Å²) in [6.45, 7) is 0. The van der Waals surface area contributed by atoms with Gasteiger partial charge in [-0.15, -0.1) is 0 Å². The fourth-order valence-corrected chi connectivity index (χ4v) is 2.29. The molecule has 3 aromatic rings. The molecule has 22 heavy (non-hydrogen) atoms. The zero-order valence-corrected chi connectivity index (χ0v) is 12.0. The van der Waals surface area contributed by atoms with Crippen LogP contribution in [0.3, 0.4) is 0 Å². The lowest BCUT2D eigenvalue weighted by molar-refractivity contribution is 0.0698. The fraction of sp³-hybridized carbons (Fsp3) is 0. The van der Waals surface area contributed by atoms with Gasteiger partial charge in [0.25, 0.3) is 0 Å². The van der Waals surface area contributed by atoms with Gasteiger partial charge in [0.2, 0.25) is 0 Å². The Morgan fingerprint density at radius 3 is 2.64 bits per heavy atom. The number of phenols is 1. The van der Waals surface area contributed by atoms with E-state index in [4.69, 9.17) is 11.6 Å². The maximum atomic E-state index is 11.4. The Morgan fingerprint density at radius 2 is 1.91 bits per heavy atom. The van der Waals surface area contributed by atoms with Crippen LogP contribution in [0, 0.1) is 0 Å². The Bertz CT molecular complexity index is 880. The normalized spacial score (nSPS) is 10.6. The number of carbonyl (C=O) groups is 1. The molecule has 0 spiro atoms. The molecular weight excluding hydrogens is 304 g/mol. The Morgan fingerprint density at radius 1 is 1.14 bits per heavy atom. The monoisotopic (exact) mass is 314 g/mol. The van der Waals surface area contributed by atoms with Gasteiger partial charge >= 0.3 is 5.97 Å². The highest BCUT2D eigenvalue weighted by Gasteiger charge is 2.14. The molecule has 0 aliphatic carbocycles. The molecule has 0 aliphatic heterocycles. The smallest absolute Gasteiger partial charge is 0.339 e. The van der Waals surface area contributed by atoms with Gasteiger partial charge in [0.05, 0.1) is 16.2 Å². The number of aromatic carboxylic acids is 1. The van der Waals surface area contributed by atoms with Crippen LogP contribution in [0.2, 0.25) is 5.02 Å². The van der Waals surface area contributed by atoms with Crippen LogP contribution < -0.4 is 5.32 Å². The third-order valence-electron chi connectivity index (χ3n) is 3.16. The number of anilines is 2. The Kier molecular flexibility index (Phi) is 3.56. The molecule has 0 radical (unpaired) electrons. The molecule has 0 unspecified atom stereocenters. The Labute approximate surface area is 130 Å². The summed E-state index contributed by atoms with van der Waals surface area (Å²) in [6.07, 6.45) is 0. The predicted octanol–water partition coefficient (Wildman–Crippen LogP) is 4.04. The summed E-state index contributed by atoms with van der Waals surface area (Å²) in [6, 6.07) is 13.0. The molecule has 2 aromatic carbocycles. The Balaban J connectivity index is 2.16. The number of nitrogens with zero attached hydrogens (tertiary/aromatic N) is 1. The molecule has 3 rings (SSSR count). The molecule has 0 saturated heterocycles. The number of carboxylic acid groups (broad SMARTS) is 1. The van der Waals surface area contributed by atoms with Crippen molar-refractivity contribution in [1.29, 1.82) is 0 Å². The van der Waals surface area contributed by atoms with Crippen molar-refractivity contribution in [3.8, 4) is 5.75 Å². The molecule has 1 aromatic heterocycles. The van der Waals surface area contributed by atoms with E-state index >= 15 is 0 Å². The van der Waals surface area contributed by atoms with E-state index in [1.54, 1.807) is 30.3 Å². The molecule has 0 aliphatic rings. The molecule has 6 heteroatoms. The van der Waals surface area contributed by atoms with Crippen LogP contribution in [0.15, 0.2) is 48.5 Å². The second kappa shape index (κ2) is 5.54. The van der Waals surface area contributed by atoms with Crippen LogP contribution in [-0.4, -0.2) is 21.2 Å². The number of rotatable bonds is 3. The number of nitrogens with one attached hydrogen (secondary N) is 1. The van der Waals surface area contributed by atoms with E-state index in [9.17, 15) is 15.0 Å². The van der Waals surface area contributed by atoms with Crippen molar-refractivity contribution >= 4 is 40.0 Å². The second-order valence-corrected chi connectivity index (χ2v) is 5.08. The van der Waals surface area contributed by atoms with Gasteiger partial charge in [0.15, 0.2) is 0 Å². The summed E-state index contributed by atoms with van der Waals surface area (Å²) in [5, 5.41) is 22.9. The van der Waals surface area contributed by atoms with E-state index in [2.05, 4.69) is 10.3 Å². The van der Waals surface area contributed by atoms with Crippen LogP contribution in [0.4, 0.5) is 11.5 Å². The predicted molar refractivity (Wildman–Crippen MR) is 85.1 cm³/mol. The number of phenolic OH excluding ortho intramolecular Hbond substituents is 1. The third-order valence-corrected chi connectivity index (χ3v) is 3.49. The van der Waals surface area contributed by atoms with E-state index in [0.29, 0.717) is 21.6 Å². The summed E-state index contributed by atoms with van der Waals surface area (Å²) in [7, 11) is 0. The standard InChI is InChI=1S/C16H11ClN2O3/c17-12-3-1-2-4-13(12)18-15-11(16(21)22)7-9-5-6-10(20)8-14(9)19-15/h1-8,20H,(H,18,19)(H,21,22). The number of aromatic hydroxyl groups is 1. The minimum absolute atomic E-state index is 0.0260. The van der Waals surface area contributed by atoms with E-state index < -0.39 is 5.97 Å². The van der Waals surface area contributed by atoms with Crippen molar-refractivity contribution in [3.63, 3.8) is 0 Å². The number of carboxylic acids is 1. The fourth-order valence-electron chi connectivity index (χ4n) is 2.10. The van der Waals surface area contributed by atoms with Crippen molar-refractivity contribution in [1.82, 2.24) is 4.98 Å². The van der Waals surface area contributed by atoms with Crippen LogP contribution in [0.25, 0.3) is 10.9 Å². The molecule has 3 N–H and O–H groups in total. The van der Waals surface area contributed by atoms with Gasteiger partial charge in [-0.1, -0.05) is 23.7 Å². The molecular formula is C16H11ClN2O3. The zero-order chi connectivity index (χ0) is 15.7. The number of fused-ring (bicyclic) bond motifs is 1. The maximum absolute atomic E-state index is 11.4. The van der Waals surface area contributed by atoms with Crippen LogP contribution in [0.5, 0.6) is 5.75 Å². The quantitative estimate of drug-likeness (QED) is 0.679. The highest BCUT2D eigenvalue weighted by molar-refractivity contribution is 6.33. The molecule has 5 nitrogen and oxygen atoms in total. The van der Waals surface area contributed by atoms with Crippen molar-refractivity contribution < 1.29 is 15.0 Å². The average molecular weight is 315 g/mol. The summed E-state index contributed by atoms with van der Waals surface area (Å²) < 4.78 is 0. The van der Waals surface area contributed by atoms with Crippen molar-refractivity contribution in [2.45, 2.75) is 0 Å². The first-order valence-corrected chi connectivity index (χ1v) is 6.81. The lowest BCUT2D eigenvalue weighted by Crippen LogP contribution is -2.05. The average Bonchev–Trinajstić information content (AvgIpc) is 2.48. The van der Waals surface area contributed by atoms with Crippen molar-refractivity contribution in [2.75, 3.05) is 5.32 Å². The van der Waals surface area contributed by atoms with Crippen molar-refractivity contribution in [3.05, 3.63) is 59.1 Å². The van der Waals surface area contributed by atoms with E-state index in [0.717, 1.165) is 0 Å². The van der Waals surface area contributed by atoms with Crippen LogP contribution >= 0.6 is 11.6 Å². The van der Waals surface area contributed by atoms with Gasteiger partial charge in [0, 0.05) is 11.5 Å². The van der Waals surface area contributed by atoms with Gasteiger partial charge in [-0.2, -0.15) is 0 Å². The molecule has 0 fully saturated rings. The number of hydrogen-bond donors (Lipinski definition) is 3. The molecule has 1 heterocycles. The molecule has 0 bridgehead atoms. The van der Waals surface area contributed by atoms with Gasteiger partial charge in [-0.05, 0) is 30.3 Å². The van der Waals surface area contributed by atoms with Gasteiger partial charge in [-0.3, -0.25) is 0 Å². The third kappa shape index (κ3) is 2.66. The number of aromatic nitrogens is 1. The second-order valence-electron chi connectivity index (χ2n) is 4.67. The highest BCUT2D eigenvalue weighted by Crippen LogP contribution is 2.29. The summed E-state index contributed by atoms with van der Waals surface area (Å²) in [5.74, 6) is -0.873. The largest absolute Gasteiger partial charge is 0.508 e. The minimum Gasteiger partial charge on any atom is -0.508 e. The molecule has 0 atom stereocenters. The minimum atomic E-state index is -1.10. The number of benzene rings is 2. The maximum Gasteiger partial charge on any atom is 0.339 e. The zero-order valence-electron chi connectivity index (χ0n) is 11.2. The first-order valence-electron chi connectivity index (χ1n) is 6.43. The lowest BCUT2D eigenvalue weighted by atomic mass is 10.1. The summed E-state index contributed by atoms with van der Waals surface area (Å²) >= 11 is 6.07. The molecule has 0 amide bonds. The number of pyridine rings is 1. The van der Waals surface area contributed by atoms with Crippen LogP contribution in [-0.2, 0) is 0 Å². The summed E-state index contributed by atoms with van der Waals surface area (Å²) in [4.78, 5) is 15.7. The number of para-hydroxylation sites is 1. The molecule has 0 saturated carbocycles. The first kappa shape index (κ1) is 14.2. The SMILES string of the molecule is O=C(O)c1cc2ccc(O)cc2nc1Nc1ccccc1Cl. The van der Waals surface area contributed by atoms with Crippen LogP contribution in [0.1, 0.15) is 10.4 Å². The number of hydrogen-bond acceptors (Lipinski definition) is 4. The topological polar surface area (TPSA) is 82.5 Å². The number of halogens is 1. The molecule has 110 valence electrons. The highest BCUT2D eigenvalue weighted by atomic mass is 35.5. The van der Waals surface area contributed by atoms with Gasteiger partial charge in [0.1, 0.15) is 17.1 Å². The first-order chi connectivity index (χ1) is 10.5. The van der Waals surface area contributed by atoms with Crippen molar-refractivity contribution in [2.24, 2.45) is 0 Å². The van der Waals surface area contributed by atoms with E-state index in [1.165, 1.54) is 18.2 Å². The van der Waals surface area contributed by atoms with E-state index in [-0.39, 0.29) is 17.1 Å².